The minimum absolute atomic E-state index is 0.000575. The lowest BCUT2D eigenvalue weighted by molar-refractivity contribution is -0.138. The second kappa shape index (κ2) is 6.18. The first kappa shape index (κ1) is 16.0. The summed E-state index contributed by atoms with van der Waals surface area (Å²) in [4.78, 5) is 26.2. The highest BCUT2D eigenvalue weighted by Crippen LogP contribution is 2.20. The van der Waals surface area contributed by atoms with Gasteiger partial charge in [0.15, 0.2) is 9.84 Å². The maximum Gasteiger partial charge on any atom is 0.323 e. The van der Waals surface area contributed by atoms with Crippen molar-refractivity contribution in [3.8, 4) is 0 Å². The van der Waals surface area contributed by atoms with Gasteiger partial charge in [0.1, 0.15) is 6.54 Å². The zero-order chi connectivity index (χ0) is 15.6. The van der Waals surface area contributed by atoms with Crippen molar-refractivity contribution in [2.24, 2.45) is 5.73 Å². The lowest BCUT2D eigenvalue weighted by atomic mass is 10.1. The fraction of sp³-hybridized carbons (Fsp3) is 0.833. The zero-order valence-electron chi connectivity index (χ0n) is 11.8. The molecule has 8 nitrogen and oxygen atoms in total. The third-order valence-electron chi connectivity index (χ3n) is 3.93. The molecule has 2 rings (SSSR count). The molecule has 2 amide bonds. The van der Waals surface area contributed by atoms with E-state index in [0.717, 1.165) is 12.8 Å². The van der Waals surface area contributed by atoms with Crippen molar-refractivity contribution < 1.29 is 23.1 Å². The number of amides is 2. The van der Waals surface area contributed by atoms with Crippen LogP contribution in [0.4, 0.5) is 4.79 Å². The molecule has 3 N–H and O–H groups in total. The average Bonchev–Trinajstić information content (AvgIpc) is 2.75. The molecule has 0 aromatic rings. The largest absolute Gasteiger partial charge is 0.480 e. The van der Waals surface area contributed by atoms with Gasteiger partial charge < -0.3 is 20.6 Å². The van der Waals surface area contributed by atoms with Gasteiger partial charge in [0, 0.05) is 25.2 Å². The summed E-state index contributed by atoms with van der Waals surface area (Å²) in [5, 5.41) is 8.99. The number of aliphatic carboxylic acids is 1. The minimum atomic E-state index is -3.18. The smallest absolute Gasteiger partial charge is 0.323 e. The number of urea groups is 1. The van der Waals surface area contributed by atoms with Crippen LogP contribution in [0.2, 0.25) is 0 Å². The van der Waals surface area contributed by atoms with E-state index in [-0.39, 0.29) is 17.5 Å². The molecule has 0 bridgehead atoms. The molecule has 0 spiro atoms. The minimum Gasteiger partial charge on any atom is -0.480 e. The van der Waals surface area contributed by atoms with Gasteiger partial charge in [-0.25, -0.2) is 13.2 Å². The molecule has 0 aromatic heterocycles. The van der Waals surface area contributed by atoms with Crippen LogP contribution in [0.5, 0.6) is 0 Å². The van der Waals surface area contributed by atoms with Crippen molar-refractivity contribution >= 4 is 21.8 Å². The number of sulfone groups is 1. The summed E-state index contributed by atoms with van der Waals surface area (Å²) in [5.74, 6) is -1.30. The van der Waals surface area contributed by atoms with Crippen LogP contribution in [0.3, 0.4) is 0 Å². The molecule has 0 aliphatic carbocycles. The van der Waals surface area contributed by atoms with E-state index in [1.54, 1.807) is 0 Å². The van der Waals surface area contributed by atoms with Gasteiger partial charge in [-0.15, -0.1) is 0 Å². The first-order valence-electron chi connectivity index (χ1n) is 7.02. The number of carbonyl (C=O) groups is 2. The Morgan fingerprint density at radius 3 is 2.57 bits per heavy atom. The Kier molecular flexibility index (Phi) is 4.72. The number of nitrogens with zero attached hydrogens (tertiary/aromatic N) is 2. The molecular formula is C12H21N3O5S. The Balaban J connectivity index is 2.11. The van der Waals surface area contributed by atoms with Crippen molar-refractivity contribution in [1.29, 1.82) is 0 Å². The number of nitrogens with two attached hydrogens (primary N) is 1. The second-order valence-corrected chi connectivity index (χ2v) is 7.94. The molecule has 2 fully saturated rings. The highest BCUT2D eigenvalue weighted by molar-refractivity contribution is 7.91. The van der Waals surface area contributed by atoms with Gasteiger partial charge in [-0.1, -0.05) is 0 Å². The predicted octanol–water partition coefficient (Wildman–Crippen LogP) is -0.897. The van der Waals surface area contributed by atoms with Crippen molar-refractivity contribution in [3.63, 3.8) is 0 Å². The van der Waals surface area contributed by atoms with Crippen LogP contribution in [-0.2, 0) is 14.6 Å². The first-order valence-corrected chi connectivity index (χ1v) is 8.84. The summed E-state index contributed by atoms with van der Waals surface area (Å²) >= 11 is 0. The number of carboxylic acid groups (broad SMARTS) is 1. The van der Waals surface area contributed by atoms with Gasteiger partial charge in [-0.05, 0) is 19.3 Å². The molecule has 2 unspecified atom stereocenters. The van der Waals surface area contributed by atoms with E-state index >= 15 is 0 Å². The summed E-state index contributed by atoms with van der Waals surface area (Å²) in [5.41, 5.74) is 5.84. The fourth-order valence-electron chi connectivity index (χ4n) is 2.89. The van der Waals surface area contributed by atoms with E-state index in [1.165, 1.54) is 9.80 Å². The van der Waals surface area contributed by atoms with Crippen molar-refractivity contribution in [1.82, 2.24) is 9.80 Å². The SMILES string of the molecule is NC1CCCN(C(=O)N(CC(=O)O)C2CCS(=O)(=O)C2)C1. The Bertz CT molecular complexity index is 521. The molecule has 2 saturated heterocycles. The number of hydrogen-bond acceptors (Lipinski definition) is 5. The van der Waals surface area contributed by atoms with E-state index in [1.807, 2.05) is 0 Å². The van der Waals surface area contributed by atoms with Gasteiger partial charge in [-0.3, -0.25) is 4.79 Å². The topological polar surface area (TPSA) is 121 Å². The van der Waals surface area contributed by atoms with Crippen LogP contribution in [0.25, 0.3) is 0 Å². The Morgan fingerprint density at radius 2 is 2.05 bits per heavy atom. The third-order valence-corrected chi connectivity index (χ3v) is 5.68. The molecule has 2 aliphatic rings. The third kappa shape index (κ3) is 4.07. The lowest BCUT2D eigenvalue weighted by Gasteiger charge is -2.36. The Labute approximate surface area is 123 Å². The molecule has 21 heavy (non-hydrogen) atoms. The second-order valence-electron chi connectivity index (χ2n) is 5.71. The van der Waals surface area contributed by atoms with Gasteiger partial charge in [0.05, 0.1) is 11.5 Å². The Hall–Kier alpha value is -1.35. The quantitative estimate of drug-likeness (QED) is 0.695. The van der Waals surface area contributed by atoms with E-state index in [0.29, 0.717) is 19.5 Å². The molecular weight excluding hydrogens is 298 g/mol. The van der Waals surface area contributed by atoms with Crippen LogP contribution in [-0.4, -0.2) is 78.5 Å². The van der Waals surface area contributed by atoms with Crippen LogP contribution >= 0.6 is 0 Å². The summed E-state index contributed by atoms with van der Waals surface area (Å²) in [6, 6.07) is -1.09. The van der Waals surface area contributed by atoms with Crippen molar-refractivity contribution in [2.75, 3.05) is 31.1 Å². The van der Waals surface area contributed by atoms with Gasteiger partial charge >= 0.3 is 12.0 Å². The highest BCUT2D eigenvalue weighted by atomic mass is 32.2. The first-order chi connectivity index (χ1) is 9.78. The lowest BCUT2D eigenvalue weighted by Crippen LogP contribution is -2.54. The molecule has 120 valence electrons. The summed E-state index contributed by atoms with van der Waals surface area (Å²) < 4.78 is 23.1. The van der Waals surface area contributed by atoms with Crippen molar-refractivity contribution in [3.05, 3.63) is 0 Å². The predicted molar refractivity (Wildman–Crippen MR) is 75.6 cm³/mol. The number of carbonyl (C=O) groups excluding carboxylic acids is 1. The molecule has 0 radical (unpaired) electrons. The molecule has 0 aromatic carbocycles. The number of rotatable bonds is 3. The maximum atomic E-state index is 12.5. The molecule has 2 heterocycles. The average molecular weight is 319 g/mol. The number of likely N-dealkylation sites (tertiary alicyclic amines) is 1. The van der Waals surface area contributed by atoms with E-state index in [9.17, 15) is 18.0 Å². The van der Waals surface area contributed by atoms with Crippen LogP contribution in [0.15, 0.2) is 0 Å². The number of hydrogen-bond donors (Lipinski definition) is 2. The van der Waals surface area contributed by atoms with Crippen LogP contribution < -0.4 is 5.73 Å². The van der Waals surface area contributed by atoms with E-state index in [4.69, 9.17) is 10.8 Å². The monoisotopic (exact) mass is 319 g/mol. The van der Waals surface area contributed by atoms with Gasteiger partial charge in [0.2, 0.25) is 0 Å². The fourth-order valence-corrected chi connectivity index (χ4v) is 4.62. The molecule has 2 atom stereocenters. The normalized spacial score (nSPS) is 28.3. The number of carboxylic acids is 1. The van der Waals surface area contributed by atoms with Gasteiger partial charge in [0.25, 0.3) is 0 Å². The molecule has 9 heteroatoms. The van der Waals surface area contributed by atoms with Gasteiger partial charge in [-0.2, -0.15) is 0 Å². The van der Waals surface area contributed by atoms with E-state index < -0.39 is 34.4 Å². The van der Waals surface area contributed by atoms with E-state index in [2.05, 4.69) is 0 Å². The summed E-state index contributed by atoms with van der Waals surface area (Å²) in [7, 11) is -3.18. The standard InChI is InChI=1S/C12H21N3O5S/c13-9-2-1-4-14(6-9)12(18)15(7-11(16)17)10-3-5-21(19,20)8-10/h9-10H,1-8,13H2,(H,16,17). The highest BCUT2D eigenvalue weighted by Gasteiger charge is 2.37. The zero-order valence-corrected chi connectivity index (χ0v) is 12.6. The maximum absolute atomic E-state index is 12.5. The number of piperidine rings is 1. The summed E-state index contributed by atoms with van der Waals surface area (Å²) in [6.45, 7) is 0.432. The molecule has 0 saturated carbocycles. The summed E-state index contributed by atoms with van der Waals surface area (Å²) in [6.07, 6.45) is 1.90. The Morgan fingerprint density at radius 1 is 1.33 bits per heavy atom. The van der Waals surface area contributed by atoms with Crippen LogP contribution in [0.1, 0.15) is 19.3 Å². The van der Waals surface area contributed by atoms with Crippen molar-refractivity contribution in [2.45, 2.75) is 31.3 Å². The van der Waals surface area contributed by atoms with Crippen LogP contribution in [0, 0.1) is 0 Å². The molecule has 2 aliphatic heterocycles.